The van der Waals surface area contributed by atoms with Crippen molar-refractivity contribution >= 4 is 28.9 Å². The Hall–Kier alpha value is -2.18. The van der Waals surface area contributed by atoms with Crippen molar-refractivity contribution in [2.75, 3.05) is 25.5 Å². The van der Waals surface area contributed by atoms with Crippen LogP contribution in [0.2, 0.25) is 0 Å². The number of hydrogen-bond donors (Lipinski definition) is 1. The van der Waals surface area contributed by atoms with Crippen LogP contribution in [-0.2, 0) is 9.53 Å². The van der Waals surface area contributed by atoms with E-state index >= 15 is 0 Å². The van der Waals surface area contributed by atoms with Crippen LogP contribution in [0.4, 0.5) is 5.69 Å². The number of thiophene rings is 1. The molecule has 0 radical (unpaired) electrons. The Bertz CT molecular complexity index is 698. The van der Waals surface area contributed by atoms with Crippen molar-refractivity contribution in [1.29, 1.82) is 0 Å². The zero-order valence-electron chi connectivity index (χ0n) is 13.5. The number of amides is 1. The van der Waals surface area contributed by atoms with Gasteiger partial charge in [0.15, 0.2) is 0 Å². The molecule has 1 aliphatic rings. The summed E-state index contributed by atoms with van der Waals surface area (Å²) in [6.07, 6.45) is 2.21. The fourth-order valence-corrected chi connectivity index (χ4v) is 3.91. The van der Waals surface area contributed by atoms with Crippen molar-refractivity contribution in [2.24, 2.45) is 0 Å². The molecule has 24 heavy (non-hydrogen) atoms. The zero-order chi connectivity index (χ0) is 16.9. The van der Waals surface area contributed by atoms with Crippen LogP contribution in [-0.4, -0.2) is 37.0 Å². The van der Waals surface area contributed by atoms with Gasteiger partial charge < -0.3 is 10.1 Å². The number of methoxy groups -OCH3 is 1. The third-order valence-electron chi connectivity index (χ3n) is 4.17. The quantitative estimate of drug-likeness (QED) is 0.846. The maximum absolute atomic E-state index is 12.3. The Morgan fingerprint density at radius 3 is 2.75 bits per heavy atom. The summed E-state index contributed by atoms with van der Waals surface area (Å²) in [7, 11) is 1.35. The van der Waals surface area contributed by atoms with E-state index in [9.17, 15) is 9.59 Å². The van der Waals surface area contributed by atoms with E-state index in [1.165, 1.54) is 12.0 Å². The van der Waals surface area contributed by atoms with E-state index in [0.717, 1.165) is 19.4 Å². The first-order chi connectivity index (χ1) is 11.7. The van der Waals surface area contributed by atoms with Crippen LogP contribution in [0.1, 0.15) is 34.1 Å². The van der Waals surface area contributed by atoms with Gasteiger partial charge in [0.25, 0.3) is 0 Å². The smallest absolute Gasteiger partial charge is 0.337 e. The van der Waals surface area contributed by atoms with Gasteiger partial charge in [-0.05, 0) is 55.1 Å². The maximum Gasteiger partial charge on any atom is 0.337 e. The summed E-state index contributed by atoms with van der Waals surface area (Å²) < 4.78 is 4.66. The van der Waals surface area contributed by atoms with Crippen LogP contribution in [0.3, 0.4) is 0 Å². The first kappa shape index (κ1) is 16.7. The molecule has 5 nitrogen and oxygen atoms in total. The van der Waals surface area contributed by atoms with E-state index < -0.39 is 0 Å². The second-order valence-electron chi connectivity index (χ2n) is 5.76. The number of carbonyl (C=O) groups is 2. The number of ether oxygens (including phenoxy) is 1. The Morgan fingerprint density at radius 2 is 2.08 bits per heavy atom. The van der Waals surface area contributed by atoms with Gasteiger partial charge in [0.1, 0.15) is 0 Å². The minimum absolute atomic E-state index is 0.0377. The fraction of sp³-hybridized carbons (Fsp3) is 0.333. The minimum Gasteiger partial charge on any atom is -0.465 e. The number of anilines is 1. The number of esters is 1. The Morgan fingerprint density at radius 1 is 1.29 bits per heavy atom. The molecule has 1 atom stereocenters. The van der Waals surface area contributed by atoms with Gasteiger partial charge in [-0.15, -0.1) is 11.3 Å². The highest BCUT2D eigenvalue weighted by Gasteiger charge is 2.28. The molecule has 1 amide bonds. The Balaban J connectivity index is 1.58. The van der Waals surface area contributed by atoms with Crippen molar-refractivity contribution in [3.63, 3.8) is 0 Å². The molecule has 0 bridgehead atoms. The highest BCUT2D eigenvalue weighted by Crippen LogP contribution is 2.34. The summed E-state index contributed by atoms with van der Waals surface area (Å²) in [5.74, 6) is -0.423. The molecule has 1 aromatic heterocycles. The molecule has 0 aliphatic carbocycles. The highest BCUT2D eigenvalue weighted by molar-refractivity contribution is 7.10. The third-order valence-corrected chi connectivity index (χ3v) is 5.15. The Kier molecular flexibility index (Phi) is 5.27. The molecule has 2 aromatic rings. The standard InChI is InChI=1S/C18H20N2O3S/c1-23-18(22)13-6-8-14(9-7-13)19-17(21)12-20-10-2-4-15(20)16-5-3-11-24-16/h3,5-9,11,15H,2,4,10,12H2,1H3,(H,19,21)/t15-/m1/s1. The molecule has 1 aromatic carbocycles. The molecule has 1 N–H and O–H groups in total. The van der Waals surface area contributed by atoms with Crippen LogP contribution in [0.5, 0.6) is 0 Å². The largest absolute Gasteiger partial charge is 0.465 e. The predicted octanol–water partition coefficient (Wildman–Crippen LogP) is 3.31. The maximum atomic E-state index is 12.3. The van der Waals surface area contributed by atoms with Gasteiger partial charge in [-0.2, -0.15) is 0 Å². The second kappa shape index (κ2) is 7.59. The van der Waals surface area contributed by atoms with Crippen molar-refractivity contribution in [2.45, 2.75) is 18.9 Å². The molecule has 1 saturated heterocycles. The van der Waals surface area contributed by atoms with Crippen LogP contribution in [0.25, 0.3) is 0 Å². The van der Waals surface area contributed by atoms with Crippen molar-refractivity contribution in [3.8, 4) is 0 Å². The summed E-state index contributed by atoms with van der Waals surface area (Å²) in [6.45, 7) is 1.32. The number of rotatable bonds is 5. The van der Waals surface area contributed by atoms with Gasteiger partial charge in [-0.1, -0.05) is 6.07 Å². The van der Waals surface area contributed by atoms with Crippen LogP contribution in [0.15, 0.2) is 41.8 Å². The lowest BCUT2D eigenvalue weighted by atomic mass is 10.2. The molecule has 0 spiro atoms. The lowest BCUT2D eigenvalue weighted by Crippen LogP contribution is -2.32. The molecule has 3 rings (SSSR count). The van der Waals surface area contributed by atoms with Gasteiger partial charge in [-0.3, -0.25) is 9.69 Å². The van der Waals surface area contributed by atoms with Crippen molar-refractivity contribution in [1.82, 2.24) is 4.90 Å². The highest BCUT2D eigenvalue weighted by atomic mass is 32.1. The van der Waals surface area contributed by atoms with Crippen LogP contribution >= 0.6 is 11.3 Å². The van der Waals surface area contributed by atoms with Crippen LogP contribution in [0, 0.1) is 0 Å². The molecule has 0 unspecified atom stereocenters. The monoisotopic (exact) mass is 344 g/mol. The lowest BCUT2D eigenvalue weighted by molar-refractivity contribution is -0.117. The van der Waals surface area contributed by atoms with E-state index in [0.29, 0.717) is 23.8 Å². The van der Waals surface area contributed by atoms with Crippen molar-refractivity contribution in [3.05, 3.63) is 52.2 Å². The van der Waals surface area contributed by atoms with Gasteiger partial charge in [0.05, 0.1) is 19.2 Å². The lowest BCUT2D eigenvalue weighted by Gasteiger charge is -2.22. The normalized spacial score (nSPS) is 17.6. The molecule has 1 aliphatic heterocycles. The Labute approximate surface area is 145 Å². The number of nitrogens with zero attached hydrogens (tertiary/aromatic N) is 1. The van der Waals surface area contributed by atoms with E-state index in [-0.39, 0.29) is 11.9 Å². The topological polar surface area (TPSA) is 58.6 Å². The van der Waals surface area contributed by atoms with Gasteiger partial charge in [0, 0.05) is 16.6 Å². The average Bonchev–Trinajstić information content (AvgIpc) is 3.26. The molecule has 1 fully saturated rings. The predicted molar refractivity (Wildman–Crippen MR) is 94.3 cm³/mol. The fourth-order valence-electron chi connectivity index (χ4n) is 3.01. The number of likely N-dealkylation sites (tertiary alicyclic amines) is 1. The van der Waals surface area contributed by atoms with Crippen molar-refractivity contribution < 1.29 is 14.3 Å². The summed E-state index contributed by atoms with van der Waals surface area (Å²) in [5.41, 5.74) is 1.15. The van der Waals surface area contributed by atoms with Gasteiger partial charge in [-0.25, -0.2) is 4.79 Å². The second-order valence-corrected chi connectivity index (χ2v) is 6.74. The number of hydrogen-bond acceptors (Lipinski definition) is 5. The molecular formula is C18H20N2O3S. The molecule has 126 valence electrons. The van der Waals surface area contributed by atoms with E-state index in [1.54, 1.807) is 35.6 Å². The van der Waals surface area contributed by atoms with Gasteiger partial charge in [0.2, 0.25) is 5.91 Å². The molecule has 0 saturated carbocycles. The molecule has 6 heteroatoms. The summed E-state index contributed by atoms with van der Waals surface area (Å²) in [6, 6.07) is 11.3. The first-order valence-electron chi connectivity index (χ1n) is 7.93. The molecule has 2 heterocycles. The average molecular weight is 344 g/mol. The van der Waals surface area contributed by atoms with E-state index in [2.05, 4.69) is 32.5 Å². The third kappa shape index (κ3) is 3.83. The first-order valence-corrected chi connectivity index (χ1v) is 8.81. The number of nitrogens with one attached hydrogen (secondary N) is 1. The number of carbonyl (C=O) groups excluding carboxylic acids is 2. The molecular weight excluding hydrogens is 324 g/mol. The summed E-state index contributed by atoms with van der Waals surface area (Å²) >= 11 is 1.74. The summed E-state index contributed by atoms with van der Waals surface area (Å²) in [5, 5.41) is 4.97. The number of benzene rings is 1. The summed E-state index contributed by atoms with van der Waals surface area (Å²) in [4.78, 5) is 27.3. The zero-order valence-corrected chi connectivity index (χ0v) is 14.3. The van der Waals surface area contributed by atoms with Crippen LogP contribution < -0.4 is 5.32 Å². The SMILES string of the molecule is COC(=O)c1ccc(NC(=O)CN2CCC[C@@H]2c2cccs2)cc1. The van der Waals surface area contributed by atoms with Gasteiger partial charge >= 0.3 is 5.97 Å². The van der Waals surface area contributed by atoms with E-state index in [1.807, 2.05) is 0 Å². The minimum atomic E-state index is -0.385. The van der Waals surface area contributed by atoms with E-state index in [4.69, 9.17) is 0 Å².